The van der Waals surface area contributed by atoms with Gasteiger partial charge in [-0.2, -0.15) is 5.10 Å². The average Bonchev–Trinajstić information content (AvgIpc) is 3.20. The van der Waals surface area contributed by atoms with Crippen molar-refractivity contribution in [2.24, 2.45) is 0 Å². The zero-order chi connectivity index (χ0) is 15.4. The van der Waals surface area contributed by atoms with Crippen LogP contribution in [0, 0.1) is 0 Å². The summed E-state index contributed by atoms with van der Waals surface area (Å²) in [5.74, 6) is 1.57. The summed E-state index contributed by atoms with van der Waals surface area (Å²) in [4.78, 5) is 19.0. The molecule has 1 aliphatic rings. The highest BCUT2D eigenvalue weighted by molar-refractivity contribution is 8.00. The molecule has 0 unspecified atom stereocenters. The molecule has 0 spiro atoms. The zero-order valence-corrected chi connectivity index (χ0v) is 14.3. The third-order valence-electron chi connectivity index (χ3n) is 3.87. The smallest absolute Gasteiger partial charge is 0.228 e. The van der Waals surface area contributed by atoms with Crippen molar-refractivity contribution in [1.29, 1.82) is 0 Å². The third-order valence-corrected chi connectivity index (χ3v) is 5.82. The second-order valence-electron chi connectivity index (χ2n) is 5.41. The first-order valence-corrected chi connectivity index (χ1v) is 9.47. The van der Waals surface area contributed by atoms with Crippen molar-refractivity contribution in [2.45, 2.75) is 36.4 Å². The van der Waals surface area contributed by atoms with Crippen LogP contribution in [-0.2, 0) is 11.2 Å². The third kappa shape index (κ3) is 3.70. The summed E-state index contributed by atoms with van der Waals surface area (Å²) in [6.45, 7) is 3.74. The molecule has 0 bridgehead atoms. The summed E-state index contributed by atoms with van der Waals surface area (Å²) < 4.78 is 1.05. The minimum atomic E-state index is 0.183. The molecule has 2 aromatic rings. The zero-order valence-electron chi connectivity index (χ0n) is 12.6. The summed E-state index contributed by atoms with van der Waals surface area (Å²) in [6.07, 6.45) is 4.35. The Kier molecular flexibility index (Phi) is 5.15. The first-order chi connectivity index (χ1) is 10.8. The van der Waals surface area contributed by atoms with Gasteiger partial charge >= 0.3 is 0 Å². The molecule has 1 aliphatic heterocycles. The molecule has 5 nitrogen and oxygen atoms in total. The molecule has 1 atom stereocenters. The normalized spacial score (nSPS) is 18.6. The van der Waals surface area contributed by atoms with E-state index in [1.807, 2.05) is 16.3 Å². The minimum absolute atomic E-state index is 0.183. The molecule has 0 radical (unpaired) electrons. The van der Waals surface area contributed by atoms with E-state index < -0.39 is 0 Å². The van der Waals surface area contributed by atoms with Crippen molar-refractivity contribution >= 4 is 29.0 Å². The number of carbonyl (C=O) groups excluding carboxylic acids is 1. The molecule has 0 aliphatic carbocycles. The molecule has 7 heteroatoms. The van der Waals surface area contributed by atoms with Gasteiger partial charge in [-0.3, -0.25) is 9.89 Å². The molecule has 2 aromatic heterocycles. The van der Waals surface area contributed by atoms with Crippen molar-refractivity contribution in [3.05, 3.63) is 29.0 Å². The molecule has 22 heavy (non-hydrogen) atoms. The maximum atomic E-state index is 12.5. The number of nitrogens with one attached hydrogen (secondary N) is 1. The van der Waals surface area contributed by atoms with E-state index in [1.54, 1.807) is 29.3 Å². The quantitative estimate of drug-likeness (QED) is 0.853. The van der Waals surface area contributed by atoms with Crippen LogP contribution in [0.5, 0.6) is 0 Å². The number of amides is 1. The van der Waals surface area contributed by atoms with E-state index in [4.69, 9.17) is 0 Å². The summed E-state index contributed by atoms with van der Waals surface area (Å²) >= 11 is 3.36. The van der Waals surface area contributed by atoms with Crippen molar-refractivity contribution < 1.29 is 4.79 Å². The molecular weight excluding hydrogens is 316 g/mol. The summed E-state index contributed by atoms with van der Waals surface area (Å²) in [7, 11) is 0. The van der Waals surface area contributed by atoms with Gasteiger partial charge in [0, 0.05) is 36.3 Å². The number of hydrogen-bond donors (Lipinski definition) is 1. The number of aromatic nitrogens is 3. The number of rotatable bonds is 5. The number of piperidine rings is 1. The number of nitrogens with zero attached hydrogens (tertiary/aromatic N) is 3. The Morgan fingerprint density at radius 2 is 2.50 bits per heavy atom. The van der Waals surface area contributed by atoms with Crippen molar-refractivity contribution in [1.82, 2.24) is 20.1 Å². The fraction of sp³-hybridized carbons (Fsp3) is 0.533. The lowest BCUT2D eigenvalue weighted by Crippen LogP contribution is -2.40. The van der Waals surface area contributed by atoms with Gasteiger partial charge < -0.3 is 4.90 Å². The van der Waals surface area contributed by atoms with Crippen LogP contribution in [-0.4, -0.2) is 44.8 Å². The number of hydrogen-bond acceptors (Lipinski definition) is 5. The Balaban J connectivity index is 1.59. The highest BCUT2D eigenvalue weighted by Crippen LogP contribution is 2.26. The Morgan fingerprint density at radius 3 is 3.27 bits per heavy atom. The maximum absolute atomic E-state index is 12.5. The van der Waals surface area contributed by atoms with E-state index in [0.717, 1.165) is 47.4 Å². The van der Waals surface area contributed by atoms with Crippen LogP contribution in [0.4, 0.5) is 0 Å². The van der Waals surface area contributed by atoms with E-state index in [9.17, 15) is 4.79 Å². The molecule has 0 saturated carbocycles. The molecule has 0 aromatic carbocycles. The van der Waals surface area contributed by atoms with Crippen molar-refractivity contribution in [3.8, 4) is 0 Å². The van der Waals surface area contributed by atoms with Gasteiger partial charge in [0.25, 0.3) is 0 Å². The Morgan fingerprint density at radius 1 is 1.59 bits per heavy atom. The van der Waals surface area contributed by atoms with Crippen LogP contribution in [0.15, 0.2) is 22.0 Å². The Bertz CT molecular complexity index is 611. The lowest BCUT2D eigenvalue weighted by Gasteiger charge is -2.32. The first kappa shape index (κ1) is 15.6. The van der Waals surface area contributed by atoms with Gasteiger partial charge in [0.15, 0.2) is 0 Å². The summed E-state index contributed by atoms with van der Waals surface area (Å²) in [5.41, 5.74) is 2.03. The van der Waals surface area contributed by atoms with E-state index in [-0.39, 0.29) is 5.91 Å². The largest absolute Gasteiger partial charge is 0.342 e. The van der Waals surface area contributed by atoms with Crippen molar-refractivity contribution in [2.75, 3.05) is 18.8 Å². The van der Waals surface area contributed by atoms with Crippen LogP contribution in [0.2, 0.25) is 0 Å². The minimum Gasteiger partial charge on any atom is -0.342 e. The maximum Gasteiger partial charge on any atom is 0.228 e. The van der Waals surface area contributed by atoms with Gasteiger partial charge in [0.05, 0.1) is 12.1 Å². The molecule has 118 valence electrons. The number of H-pyrrole nitrogens is 1. The van der Waals surface area contributed by atoms with Gasteiger partial charge in [-0.05, 0) is 24.7 Å². The number of carbonyl (C=O) groups is 1. The fourth-order valence-corrected chi connectivity index (χ4v) is 4.52. The topological polar surface area (TPSA) is 61.9 Å². The van der Waals surface area contributed by atoms with Crippen LogP contribution >= 0.6 is 23.1 Å². The molecule has 1 saturated heterocycles. The van der Waals surface area contributed by atoms with Gasteiger partial charge in [-0.25, -0.2) is 4.98 Å². The number of thiazole rings is 1. The molecule has 3 rings (SSSR count). The molecule has 3 heterocycles. The monoisotopic (exact) mass is 336 g/mol. The molecular formula is C15H20N4OS2. The van der Waals surface area contributed by atoms with Crippen LogP contribution in [0.3, 0.4) is 0 Å². The first-order valence-electron chi connectivity index (χ1n) is 7.60. The SMILES string of the molecule is CCSc1nc(CC(=O)N2CCC[C@@H](c3ccn[nH]3)C2)cs1. The Labute approximate surface area is 138 Å². The standard InChI is InChI=1S/C15H20N4OS2/c1-2-21-15-17-12(10-22-15)8-14(20)19-7-3-4-11(9-19)13-5-6-16-18-13/h5-6,10-11H,2-4,7-9H2,1H3,(H,16,18)/t11-/m1/s1. The van der Waals surface area contributed by atoms with Gasteiger partial charge in [0.1, 0.15) is 4.34 Å². The second kappa shape index (κ2) is 7.28. The predicted molar refractivity (Wildman–Crippen MR) is 89.4 cm³/mol. The van der Waals surface area contributed by atoms with Gasteiger partial charge in [0.2, 0.25) is 5.91 Å². The van der Waals surface area contributed by atoms with Crippen molar-refractivity contribution in [3.63, 3.8) is 0 Å². The summed E-state index contributed by atoms with van der Waals surface area (Å²) in [6, 6.07) is 2.01. The molecule has 1 amide bonds. The van der Waals surface area contributed by atoms with E-state index in [2.05, 4.69) is 22.1 Å². The van der Waals surface area contributed by atoms with Crippen LogP contribution in [0.25, 0.3) is 0 Å². The Hall–Kier alpha value is -1.34. The fourth-order valence-electron chi connectivity index (χ4n) is 2.78. The van der Waals surface area contributed by atoms with Crippen LogP contribution in [0.1, 0.15) is 37.1 Å². The number of thioether (sulfide) groups is 1. The van der Waals surface area contributed by atoms with Gasteiger partial charge in [-0.15, -0.1) is 11.3 Å². The highest BCUT2D eigenvalue weighted by atomic mass is 32.2. The predicted octanol–water partition coefficient (Wildman–Crippen LogP) is 2.93. The lowest BCUT2D eigenvalue weighted by molar-refractivity contribution is -0.131. The lowest BCUT2D eigenvalue weighted by atomic mass is 9.94. The molecule has 1 N–H and O–H groups in total. The van der Waals surface area contributed by atoms with E-state index in [1.165, 1.54) is 0 Å². The average molecular weight is 336 g/mol. The van der Waals surface area contributed by atoms with E-state index >= 15 is 0 Å². The number of likely N-dealkylation sites (tertiary alicyclic amines) is 1. The van der Waals surface area contributed by atoms with Crippen LogP contribution < -0.4 is 0 Å². The summed E-state index contributed by atoms with van der Waals surface area (Å²) in [5, 5.41) is 9.05. The van der Waals surface area contributed by atoms with E-state index in [0.29, 0.717) is 12.3 Å². The van der Waals surface area contributed by atoms with Gasteiger partial charge in [-0.1, -0.05) is 18.7 Å². The highest BCUT2D eigenvalue weighted by Gasteiger charge is 2.25. The second-order valence-corrected chi connectivity index (χ2v) is 7.77. The number of aromatic amines is 1. The molecule has 1 fully saturated rings.